The molecule has 1 aliphatic heterocycles. The van der Waals surface area contributed by atoms with Crippen LogP contribution >= 0.6 is 24.0 Å². The van der Waals surface area contributed by atoms with Gasteiger partial charge in [0.15, 0.2) is 0 Å². The number of carbonyl (C=O) groups excluding carboxylic acids is 1. The van der Waals surface area contributed by atoms with E-state index in [0.717, 1.165) is 40.6 Å². The minimum absolute atomic E-state index is 0. The molecular formula is C25H26Cl2N2O2. The lowest BCUT2D eigenvalue weighted by Gasteiger charge is -2.26. The highest BCUT2D eigenvalue weighted by Gasteiger charge is 2.25. The van der Waals surface area contributed by atoms with Crippen LogP contribution in [0.15, 0.2) is 59.0 Å². The predicted octanol–water partition coefficient (Wildman–Crippen LogP) is 5.79. The molecule has 0 radical (unpaired) electrons. The Morgan fingerprint density at radius 3 is 2.29 bits per heavy atom. The number of hydrogen-bond acceptors (Lipinski definition) is 3. The van der Waals surface area contributed by atoms with Gasteiger partial charge in [-0.2, -0.15) is 0 Å². The van der Waals surface area contributed by atoms with Gasteiger partial charge < -0.3 is 14.2 Å². The lowest BCUT2D eigenvalue weighted by atomic mass is 10.1. The van der Waals surface area contributed by atoms with E-state index in [-0.39, 0.29) is 18.3 Å². The van der Waals surface area contributed by atoms with Crippen LogP contribution < -0.4 is 0 Å². The van der Waals surface area contributed by atoms with E-state index in [2.05, 4.69) is 11.0 Å². The minimum atomic E-state index is 0. The zero-order chi connectivity index (χ0) is 21.1. The van der Waals surface area contributed by atoms with Crippen molar-refractivity contribution in [3.63, 3.8) is 0 Å². The zero-order valence-electron chi connectivity index (χ0n) is 17.7. The quantitative estimate of drug-likeness (QED) is 0.456. The Kier molecular flexibility index (Phi) is 7.60. The Morgan fingerprint density at radius 1 is 1.06 bits per heavy atom. The first-order chi connectivity index (χ1) is 14.5. The van der Waals surface area contributed by atoms with E-state index in [0.29, 0.717) is 18.7 Å². The molecule has 162 valence electrons. The summed E-state index contributed by atoms with van der Waals surface area (Å²) < 4.78 is 5.98. The van der Waals surface area contributed by atoms with Gasteiger partial charge in [-0.1, -0.05) is 48.0 Å². The molecule has 0 bridgehead atoms. The molecular weight excluding hydrogens is 431 g/mol. The smallest absolute Gasteiger partial charge is 0.254 e. The van der Waals surface area contributed by atoms with E-state index >= 15 is 0 Å². The van der Waals surface area contributed by atoms with Crippen LogP contribution in [0.4, 0.5) is 0 Å². The maximum Gasteiger partial charge on any atom is 0.254 e. The van der Waals surface area contributed by atoms with E-state index in [1.807, 2.05) is 79.7 Å². The van der Waals surface area contributed by atoms with Crippen molar-refractivity contribution in [1.29, 1.82) is 0 Å². The average molecular weight is 457 g/mol. The molecule has 1 amide bonds. The topological polar surface area (TPSA) is 36.7 Å². The van der Waals surface area contributed by atoms with Gasteiger partial charge in [0.1, 0.15) is 11.5 Å². The van der Waals surface area contributed by atoms with Crippen molar-refractivity contribution < 1.29 is 9.21 Å². The van der Waals surface area contributed by atoms with Gasteiger partial charge in [-0.05, 0) is 67.5 Å². The van der Waals surface area contributed by atoms with Crippen molar-refractivity contribution in [2.24, 2.45) is 0 Å². The summed E-state index contributed by atoms with van der Waals surface area (Å²) in [7, 11) is 4.04. The Morgan fingerprint density at radius 2 is 1.68 bits per heavy atom. The van der Waals surface area contributed by atoms with Crippen molar-refractivity contribution in [2.75, 3.05) is 20.6 Å². The Hall–Kier alpha value is -2.53. The van der Waals surface area contributed by atoms with Gasteiger partial charge in [-0.25, -0.2) is 0 Å². The molecule has 4 nitrogen and oxygen atoms in total. The SMILES string of the molecule is CN(C)Cc1cc2c(o1)CN(C(=O)c1ccc(C=Cc3ccc(Cl)cc3)cc1)CC2.Cl. The maximum absolute atomic E-state index is 13.0. The number of amides is 1. The number of hydrogen-bond donors (Lipinski definition) is 0. The second-order valence-corrected chi connectivity index (χ2v) is 8.32. The molecule has 0 aliphatic carbocycles. The number of fused-ring (bicyclic) bond motifs is 1. The molecule has 4 rings (SSSR count). The number of rotatable bonds is 5. The fourth-order valence-corrected chi connectivity index (χ4v) is 3.76. The molecule has 0 atom stereocenters. The van der Waals surface area contributed by atoms with Crippen LogP contribution in [0.3, 0.4) is 0 Å². The summed E-state index contributed by atoms with van der Waals surface area (Å²) in [4.78, 5) is 16.9. The molecule has 1 aliphatic rings. The highest BCUT2D eigenvalue weighted by Crippen LogP contribution is 2.25. The van der Waals surface area contributed by atoms with Gasteiger partial charge in [-0.15, -0.1) is 12.4 Å². The first-order valence-electron chi connectivity index (χ1n) is 10.1. The normalized spacial score (nSPS) is 13.4. The summed E-state index contributed by atoms with van der Waals surface area (Å²) in [5, 5.41) is 0.725. The van der Waals surface area contributed by atoms with E-state index in [1.54, 1.807) is 0 Å². The Bertz CT molecular complexity index is 1050. The standard InChI is InChI=1S/C25H25ClN2O2.ClH/c1-27(2)16-23-15-21-13-14-28(17-24(21)30-23)25(29)20-9-5-18(6-10-20)3-4-19-7-11-22(26)12-8-19;/h3-12,15H,13-14,16-17H2,1-2H3;1H. The van der Waals surface area contributed by atoms with Crippen molar-refractivity contribution >= 4 is 42.1 Å². The molecule has 2 heterocycles. The lowest BCUT2D eigenvalue weighted by molar-refractivity contribution is 0.0718. The lowest BCUT2D eigenvalue weighted by Crippen LogP contribution is -2.35. The summed E-state index contributed by atoms with van der Waals surface area (Å²) in [6, 6.07) is 17.5. The van der Waals surface area contributed by atoms with Crippen LogP contribution in [0.2, 0.25) is 5.02 Å². The second-order valence-electron chi connectivity index (χ2n) is 7.88. The largest absolute Gasteiger partial charge is 0.463 e. The van der Waals surface area contributed by atoms with Gasteiger partial charge >= 0.3 is 0 Å². The van der Waals surface area contributed by atoms with Gasteiger partial charge in [0.25, 0.3) is 5.91 Å². The first kappa shape index (κ1) is 23.1. The fraction of sp³-hybridized carbons (Fsp3) is 0.240. The Balaban J connectivity index is 0.00000272. The van der Waals surface area contributed by atoms with Crippen LogP contribution in [0.25, 0.3) is 12.2 Å². The second kappa shape index (κ2) is 10.2. The van der Waals surface area contributed by atoms with Crippen molar-refractivity contribution in [2.45, 2.75) is 19.5 Å². The number of halogens is 2. The molecule has 0 spiro atoms. The third-order valence-corrected chi connectivity index (χ3v) is 5.44. The van der Waals surface area contributed by atoms with E-state index in [4.69, 9.17) is 16.0 Å². The van der Waals surface area contributed by atoms with E-state index in [1.165, 1.54) is 5.56 Å². The average Bonchev–Trinajstić information content (AvgIpc) is 3.14. The molecule has 1 aromatic heterocycles. The third-order valence-electron chi connectivity index (χ3n) is 5.19. The molecule has 0 unspecified atom stereocenters. The molecule has 31 heavy (non-hydrogen) atoms. The Labute approximate surface area is 194 Å². The molecule has 6 heteroatoms. The van der Waals surface area contributed by atoms with E-state index < -0.39 is 0 Å². The summed E-state index contributed by atoms with van der Waals surface area (Å²) in [5.74, 6) is 1.91. The van der Waals surface area contributed by atoms with Crippen molar-refractivity contribution in [3.8, 4) is 0 Å². The molecule has 0 N–H and O–H groups in total. The van der Waals surface area contributed by atoms with Crippen LogP contribution in [-0.4, -0.2) is 36.3 Å². The molecule has 3 aromatic rings. The fourth-order valence-electron chi connectivity index (χ4n) is 3.63. The van der Waals surface area contributed by atoms with E-state index in [9.17, 15) is 4.79 Å². The molecule has 2 aromatic carbocycles. The minimum Gasteiger partial charge on any atom is -0.463 e. The summed E-state index contributed by atoms with van der Waals surface area (Å²) in [5.41, 5.74) is 4.04. The monoisotopic (exact) mass is 456 g/mol. The van der Waals surface area contributed by atoms with Gasteiger partial charge in [0.05, 0.1) is 13.1 Å². The van der Waals surface area contributed by atoms with Crippen molar-refractivity contribution in [1.82, 2.24) is 9.80 Å². The van der Waals surface area contributed by atoms with Crippen LogP contribution in [0.1, 0.15) is 38.6 Å². The molecule has 0 saturated carbocycles. The van der Waals surface area contributed by atoms with Crippen LogP contribution in [-0.2, 0) is 19.5 Å². The summed E-state index contributed by atoms with van der Waals surface area (Å²) in [6.45, 7) is 2.01. The predicted molar refractivity (Wildman–Crippen MR) is 129 cm³/mol. The van der Waals surface area contributed by atoms with Gasteiger partial charge in [-0.3, -0.25) is 4.79 Å². The number of nitrogens with zero attached hydrogens (tertiary/aromatic N) is 2. The van der Waals surface area contributed by atoms with Crippen molar-refractivity contribution in [3.05, 3.63) is 93.4 Å². The summed E-state index contributed by atoms with van der Waals surface area (Å²) in [6.07, 6.45) is 4.89. The number of furan rings is 1. The third kappa shape index (κ3) is 5.79. The first-order valence-corrected chi connectivity index (χ1v) is 10.4. The summed E-state index contributed by atoms with van der Waals surface area (Å²) >= 11 is 5.92. The highest BCUT2D eigenvalue weighted by molar-refractivity contribution is 6.30. The molecule has 0 saturated heterocycles. The van der Waals surface area contributed by atoms with Gasteiger partial charge in [0, 0.05) is 17.1 Å². The maximum atomic E-state index is 13.0. The molecule has 0 fully saturated rings. The number of benzene rings is 2. The van der Waals surface area contributed by atoms with Crippen LogP contribution in [0.5, 0.6) is 0 Å². The zero-order valence-corrected chi connectivity index (χ0v) is 19.2. The van der Waals surface area contributed by atoms with Crippen LogP contribution in [0, 0.1) is 0 Å². The number of carbonyl (C=O) groups is 1. The van der Waals surface area contributed by atoms with Gasteiger partial charge in [0.2, 0.25) is 0 Å². The highest BCUT2D eigenvalue weighted by atomic mass is 35.5.